The number of carbonyl (C=O) groups excluding carboxylic acids is 3. The molecule has 0 aliphatic heterocycles. The number of esters is 1. The lowest BCUT2D eigenvalue weighted by atomic mass is 9.98. The Morgan fingerprint density at radius 2 is 1.43 bits per heavy atom. The van der Waals surface area contributed by atoms with Gasteiger partial charge in [-0.05, 0) is 40.5 Å². The predicted octanol–water partition coefficient (Wildman–Crippen LogP) is 5.25. The van der Waals surface area contributed by atoms with Crippen molar-refractivity contribution in [2.45, 2.75) is 58.5 Å². The number of benzene rings is 2. The maximum Gasteiger partial charge on any atom is 0.407 e. The summed E-state index contributed by atoms with van der Waals surface area (Å²) in [5, 5.41) is 5.42. The zero-order chi connectivity index (χ0) is 26.9. The molecule has 2 aromatic carbocycles. The maximum atomic E-state index is 12.8. The number of ether oxygens (including phenoxy) is 3. The normalized spacial score (nSPS) is 14.6. The van der Waals surface area contributed by atoms with Crippen LogP contribution in [-0.4, -0.2) is 50.6 Å². The molecule has 200 valence electrons. The minimum atomic E-state index is -0.797. The molecular weight excluding hydrogens is 472 g/mol. The van der Waals surface area contributed by atoms with E-state index in [1.165, 1.54) is 7.11 Å². The Kier molecular flexibility index (Phi) is 9.94. The van der Waals surface area contributed by atoms with E-state index in [2.05, 4.69) is 34.9 Å². The third-order valence-corrected chi connectivity index (χ3v) is 6.86. The molecule has 0 bridgehead atoms. The van der Waals surface area contributed by atoms with Gasteiger partial charge in [-0.1, -0.05) is 82.6 Å². The summed E-state index contributed by atoms with van der Waals surface area (Å²) < 4.78 is 15.8. The Balaban J connectivity index is 1.57. The van der Waals surface area contributed by atoms with Gasteiger partial charge in [0, 0.05) is 5.92 Å². The molecule has 0 fully saturated rings. The van der Waals surface area contributed by atoms with Crippen LogP contribution in [0.5, 0.6) is 0 Å². The molecule has 0 radical (unpaired) electrons. The van der Waals surface area contributed by atoms with Gasteiger partial charge in [-0.2, -0.15) is 0 Å². The Hall–Kier alpha value is -3.55. The molecule has 0 aromatic heterocycles. The Morgan fingerprint density at radius 1 is 0.865 bits per heavy atom. The van der Waals surface area contributed by atoms with Crippen molar-refractivity contribution in [2.75, 3.05) is 20.3 Å². The van der Waals surface area contributed by atoms with E-state index in [1.807, 2.05) is 52.0 Å². The van der Waals surface area contributed by atoms with Crippen molar-refractivity contribution in [1.29, 1.82) is 0 Å². The number of rotatable bonds is 11. The van der Waals surface area contributed by atoms with E-state index < -0.39 is 30.2 Å². The zero-order valence-corrected chi connectivity index (χ0v) is 22.3. The fraction of sp³-hybridized carbons (Fsp3) is 0.483. The van der Waals surface area contributed by atoms with E-state index in [1.54, 1.807) is 0 Å². The van der Waals surface area contributed by atoms with E-state index in [4.69, 9.17) is 14.2 Å². The monoisotopic (exact) mass is 510 g/mol. The van der Waals surface area contributed by atoms with Crippen LogP contribution in [0.2, 0.25) is 0 Å². The minimum Gasteiger partial charge on any atom is -0.467 e. The van der Waals surface area contributed by atoms with Gasteiger partial charge in [0.25, 0.3) is 0 Å². The highest BCUT2D eigenvalue weighted by atomic mass is 16.6. The Labute approximate surface area is 219 Å². The lowest BCUT2D eigenvalue weighted by Crippen LogP contribution is -2.46. The number of carbonyl (C=O) groups is 3. The summed E-state index contributed by atoms with van der Waals surface area (Å²) >= 11 is 0. The van der Waals surface area contributed by atoms with Crippen molar-refractivity contribution in [1.82, 2.24) is 10.6 Å². The smallest absolute Gasteiger partial charge is 0.407 e. The van der Waals surface area contributed by atoms with Crippen molar-refractivity contribution >= 4 is 18.2 Å². The van der Waals surface area contributed by atoms with Gasteiger partial charge >= 0.3 is 18.2 Å². The number of fused-ring (bicyclic) bond motifs is 3. The first kappa shape index (κ1) is 28.0. The molecule has 0 saturated carbocycles. The van der Waals surface area contributed by atoms with Gasteiger partial charge < -0.3 is 24.8 Å². The first-order chi connectivity index (χ1) is 17.7. The molecular formula is C29H38N2O6. The largest absolute Gasteiger partial charge is 0.467 e. The molecule has 2 amide bonds. The van der Waals surface area contributed by atoms with Crippen LogP contribution in [0.3, 0.4) is 0 Å². The third kappa shape index (κ3) is 7.24. The van der Waals surface area contributed by atoms with Crippen LogP contribution in [0.25, 0.3) is 11.1 Å². The highest BCUT2D eigenvalue weighted by Gasteiger charge is 2.30. The molecule has 0 heterocycles. The van der Waals surface area contributed by atoms with Crippen LogP contribution < -0.4 is 10.6 Å². The summed E-state index contributed by atoms with van der Waals surface area (Å²) in [7, 11) is 1.28. The van der Waals surface area contributed by atoms with Crippen LogP contribution in [0, 0.1) is 11.8 Å². The first-order valence-electron chi connectivity index (χ1n) is 12.9. The molecule has 8 nitrogen and oxygen atoms in total. The van der Waals surface area contributed by atoms with Crippen molar-refractivity contribution in [3.05, 3.63) is 59.7 Å². The molecule has 1 aliphatic carbocycles. The molecule has 0 saturated heterocycles. The first-order valence-corrected chi connectivity index (χ1v) is 12.9. The molecule has 0 unspecified atom stereocenters. The second-order valence-corrected chi connectivity index (χ2v) is 9.91. The molecule has 1 aliphatic rings. The van der Waals surface area contributed by atoms with Crippen LogP contribution in [0.15, 0.2) is 48.5 Å². The predicted molar refractivity (Wildman–Crippen MR) is 141 cm³/mol. The molecule has 37 heavy (non-hydrogen) atoms. The molecule has 2 N–H and O–H groups in total. The lowest BCUT2D eigenvalue weighted by Gasteiger charge is -2.25. The van der Waals surface area contributed by atoms with Gasteiger partial charge in [-0.15, -0.1) is 0 Å². The van der Waals surface area contributed by atoms with Crippen molar-refractivity contribution < 1.29 is 28.6 Å². The van der Waals surface area contributed by atoms with Gasteiger partial charge in [-0.3, -0.25) is 0 Å². The third-order valence-electron chi connectivity index (χ3n) is 6.86. The number of methoxy groups -OCH3 is 1. The number of amides is 2. The molecule has 8 heteroatoms. The molecule has 2 aromatic rings. The van der Waals surface area contributed by atoms with E-state index in [9.17, 15) is 14.4 Å². The van der Waals surface area contributed by atoms with Gasteiger partial charge in [0.2, 0.25) is 0 Å². The highest BCUT2D eigenvalue weighted by Crippen LogP contribution is 2.44. The van der Waals surface area contributed by atoms with Crippen LogP contribution in [0.1, 0.15) is 57.6 Å². The standard InChI is InChI=1S/C29H38N2O6/c1-6-19(4)26(17-37-28(33)30-25(15-18(2)3)27(32)35-5)31-29(34)36-16-24-22-13-9-7-11-20(22)21-12-8-10-14-23(21)24/h7-14,18-19,24-26H,6,15-17H2,1-5H3,(H,30,33)(H,31,34)/t19-,25-,26+/m0/s1. The topological polar surface area (TPSA) is 103 Å². The number of alkyl carbamates (subject to hydrolysis) is 2. The molecule has 0 spiro atoms. The SMILES string of the molecule is CC[C@H](C)[C@@H](COC(=O)N[C@@H](CC(C)C)C(=O)OC)NC(=O)OCC1c2ccccc2-c2ccccc21. The van der Waals surface area contributed by atoms with Crippen molar-refractivity contribution in [3.63, 3.8) is 0 Å². The summed E-state index contributed by atoms with van der Waals surface area (Å²) in [5.41, 5.74) is 4.59. The van der Waals surface area contributed by atoms with Gasteiger partial charge in [0.05, 0.1) is 13.2 Å². The number of hydrogen-bond acceptors (Lipinski definition) is 6. The fourth-order valence-electron chi connectivity index (χ4n) is 4.60. The van der Waals surface area contributed by atoms with Gasteiger partial charge in [0.15, 0.2) is 0 Å². The molecule has 3 rings (SSSR count). The second-order valence-electron chi connectivity index (χ2n) is 9.91. The summed E-state index contributed by atoms with van der Waals surface area (Å²) in [6, 6.07) is 15.1. The summed E-state index contributed by atoms with van der Waals surface area (Å²) in [6.07, 6.45) is -0.117. The Morgan fingerprint density at radius 3 is 1.97 bits per heavy atom. The quantitative estimate of drug-likeness (QED) is 0.316. The Bertz CT molecular complexity index is 1040. The van der Waals surface area contributed by atoms with E-state index in [0.29, 0.717) is 6.42 Å². The van der Waals surface area contributed by atoms with E-state index in [-0.39, 0.29) is 31.0 Å². The van der Waals surface area contributed by atoms with E-state index >= 15 is 0 Å². The van der Waals surface area contributed by atoms with Crippen LogP contribution in [-0.2, 0) is 19.0 Å². The number of nitrogens with one attached hydrogen (secondary N) is 2. The number of hydrogen-bond donors (Lipinski definition) is 2. The zero-order valence-electron chi connectivity index (χ0n) is 22.3. The summed E-state index contributed by atoms with van der Waals surface area (Å²) in [4.78, 5) is 37.2. The second kappa shape index (κ2) is 13.1. The summed E-state index contributed by atoms with van der Waals surface area (Å²) in [6.45, 7) is 7.99. The van der Waals surface area contributed by atoms with Crippen LogP contribution in [0.4, 0.5) is 9.59 Å². The van der Waals surface area contributed by atoms with Crippen molar-refractivity contribution in [3.8, 4) is 11.1 Å². The lowest BCUT2D eigenvalue weighted by molar-refractivity contribution is -0.143. The summed E-state index contributed by atoms with van der Waals surface area (Å²) in [5.74, 6) is -0.368. The van der Waals surface area contributed by atoms with Crippen LogP contribution >= 0.6 is 0 Å². The maximum absolute atomic E-state index is 12.8. The van der Waals surface area contributed by atoms with Gasteiger partial charge in [0.1, 0.15) is 19.3 Å². The highest BCUT2D eigenvalue weighted by molar-refractivity contribution is 5.81. The van der Waals surface area contributed by atoms with Gasteiger partial charge in [-0.25, -0.2) is 14.4 Å². The molecule has 3 atom stereocenters. The fourth-order valence-corrected chi connectivity index (χ4v) is 4.60. The van der Waals surface area contributed by atoms with Crippen molar-refractivity contribution in [2.24, 2.45) is 11.8 Å². The van der Waals surface area contributed by atoms with E-state index in [0.717, 1.165) is 28.7 Å². The minimum absolute atomic E-state index is 0.0281. The average molecular weight is 511 g/mol. The average Bonchev–Trinajstić information content (AvgIpc) is 3.21.